The fraction of sp³-hybridized carbons (Fsp3) is 0.636. The molecular formula is C11H19ClN4O. The second-order valence-electron chi connectivity index (χ2n) is 4.35. The van der Waals surface area contributed by atoms with E-state index < -0.39 is 0 Å². The van der Waals surface area contributed by atoms with Crippen molar-refractivity contribution >= 4 is 18.3 Å². The number of amides is 1. The minimum absolute atomic E-state index is 0. The Kier molecular flexibility index (Phi) is 4.54. The highest BCUT2D eigenvalue weighted by molar-refractivity contribution is 5.85. The van der Waals surface area contributed by atoms with E-state index in [1.165, 1.54) is 0 Å². The van der Waals surface area contributed by atoms with Crippen LogP contribution in [0.4, 0.5) is 0 Å². The molecular weight excluding hydrogens is 240 g/mol. The average Bonchev–Trinajstić information content (AvgIpc) is 3.03. The van der Waals surface area contributed by atoms with Crippen LogP contribution >= 0.6 is 12.4 Å². The summed E-state index contributed by atoms with van der Waals surface area (Å²) in [6.07, 6.45) is 5.87. The van der Waals surface area contributed by atoms with E-state index in [2.05, 4.69) is 10.4 Å². The number of carbonyl (C=O) groups excluding carboxylic acids is 1. The second-order valence-corrected chi connectivity index (χ2v) is 4.35. The van der Waals surface area contributed by atoms with Crippen molar-refractivity contribution in [2.75, 3.05) is 14.1 Å². The van der Waals surface area contributed by atoms with Crippen molar-refractivity contribution in [2.45, 2.75) is 24.9 Å². The maximum Gasteiger partial charge on any atom is 0.244 e. The summed E-state index contributed by atoms with van der Waals surface area (Å²) in [5.41, 5.74) is 0.919. The fourth-order valence-electron chi connectivity index (χ4n) is 1.87. The van der Waals surface area contributed by atoms with Gasteiger partial charge in [-0.25, -0.2) is 0 Å². The summed E-state index contributed by atoms with van der Waals surface area (Å²) in [5, 5.41) is 7.14. The molecule has 6 heteroatoms. The van der Waals surface area contributed by atoms with Crippen LogP contribution in [0.15, 0.2) is 12.4 Å². The lowest BCUT2D eigenvalue weighted by Crippen LogP contribution is -2.38. The highest BCUT2D eigenvalue weighted by atomic mass is 35.5. The van der Waals surface area contributed by atoms with Crippen LogP contribution in [-0.4, -0.2) is 40.7 Å². The Bertz CT molecular complexity index is 389. The van der Waals surface area contributed by atoms with Crippen LogP contribution in [0.3, 0.4) is 0 Å². The van der Waals surface area contributed by atoms with Crippen molar-refractivity contribution in [2.24, 2.45) is 7.05 Å². The zero-order chi connectivity index (χ0) is 11.7. The van der Waals surface area contributed by atoms with Gasteiger partial charge in [0.15, 0.2) is 0 Å². The molecule has 1 aromatic heterocycles. The first-order chi connectivity index (χ1) is 7.63. The van der Waals surface area contributed by atoms with Crippen LogP contribution in [0.5, 0.6) is 0 Å². The molecule has 0 radical (unpaired) electrons. The highest BCUT2D eigenvalue weighted by Gasteiger charge is 2.33. The number of rotatable bonds is 4. The Morgan fingerprint density at radius 2 is 2.29 bits per heavy atom. The number of aromatic nitrogens is 2. The molecule has 1 aliphatic carbocycles. The van der Waals surface area contributed by atoms with E-state index in [1.54, 1.807) is 17.9 Å². The van der Waals surface area contributed by atoms with Crippen molar-refractivity contribution < 1.29 is 4.79 Å². The van der Waals surface area contributed by atoms with Gasteiger partial charge in [-0.05, 0) is 19.9 Å². The quantitative estimate of drug-likeness (QED) is 0.866. The molecule has 0 saturated heterocycles. The average molecular weight is 259 g/mol. The number of nitrogens with one attached hydrogen (secondary N) is 1. The van der Waals surface area contributed by atoms with Crippen molar-refractivity contribution in [3.8, 4) is 0 Å². The van der Waals surface area contributed by atoms with Crippen LogP contribution in [0.1, 0.15) is 24.4 Å². The molecule has 0 bridgehead atoms. The van der Waals surface area contributed by atoms with E-state index in [4.69, 9.17) is 0 Å². The molecule has 1 heterocycles. The maximum absolute atomic E-state index is 12.2. The number of hydrogen-bond donors (Lipinski definition) is 1. The van der Waals surface area contributed by atoms with E-state index in [-0.39, 0.29) is 24.4 Å². The van der Waals surface area contributed by atoms with Gasteiger partial charge in [0, 0.05) is 31.9 Å². The van der Waals surface area contributed by atoms with Gasteiger partial charge in [0.05, 0.1) is 6.20 Å². The van der Waals surface area contributed by atoms with Gasteiger partial charge >= 0.3 is 0 Å². The van der Waals surface area contributed by atoms with Crippen molar-refractivity contribution in [1.29, 1.82) is 0 Å². The molecule has 2 rings (SSSR count). The number of aryl methyl sites for hydroxylation is 1. The zero-order valence-electron chi connectivity index (χ0n) is 10.4. The Morgan fingerprint density at radius 3 is 2.71 bits per heavy atom. The third kappa shape index (κ3) is 2.98. The van der Waals surface area contributed by atoms with Gasteiger partial charge in [-0.1, -0.05) is 0 Å². The third-order valence-corrected chi connectivity index (χ3v) is 3.04. The van der Waals surface area contributed by atoms with Gasteiger partial charge in [-0.15, -0.1) is 12.4 Å². The molecule has 0 aromatic carbocycles. The second kappa shape index (κ2) is 5.51. The molecule has 1 atom stereocenters. The maximum atomic E-state index is 12.2. The van der Waals surface area contributed by atoms with Gasteiger partial charge in [-0.2, -0.15) is 5.10 Å². The molecule has 1 saturated carbocycles. The van der Waals surface area contributed by atoms with Crippen molar-refractivity contribution in [1.82, 2.24) is 20.0 Å². The lowest BCUT2D eigenvalue weighted by atomic mass is 10.1. The van der Waals surface area contributed by atoms with Crippen LogP contribution in [0.25, 0.3) is 0 Å². The van der Waals surface area contributed by atoms with Crippen LogP contribution in [0, 0.1) is 0 Å². The molecule has 0 aliphatic heterocycles. The Hall–Kier alpha value is -1.07. The van der Waals surface area contributed by atoms with E-state index >= 15 is 0 Å². The molecule has 17 heavy (non-hydrogen) atoms. The molecule has 1 fully saturated rings. The third-order valence-electron chi connectivity index (χ3n) is 3.04. The number of likely N-dealkylation sites (N-methyl/N-ethyl adjacent to an activating group) is 2. The smallest absolute Gasteiger partial charge is 0.244 e. The largest absolute Gasteiger partial charge is 0.341 e. The summed E-state index contributed by atoms with van der Waals surface area (Å²) in [6, 6.07) is 0.166. The van der Waals surface area contributed by atoms with Crippen molar-refractivity contribution in [3.63, 3.8) is 0 Å². The Morgan fingerprint density at radius 1 is 1.65 bits per heavy atom. The molecule has 96 valence electrons. The van der Waals surface area contributed by atoms with Crippen LogP contribution in [0.2, 0.25) is 0 Å². The molecule has 5 nitrogen and oxygen atoms in total. The van der Waals surface area contributed by atoms with Crippen molar-refractivity contribution in [3.05, 3.63) is 18.0 Å². The molecule has 1 unspecified atom stereocenters. The van der Waals surface area contributed by atoms with Crippen LogP contribution in [-0.2, 0) is 11.8 Å². The number of hydrogen-bond acceptors (Lipinski definition) is 3. The summed E-state index contributed by atoms with van der Waals surface area (Å²) in [6.45, 7) is 0. The van der Waals surface area contributed by atoms with E-state index in [0.717, 1.165) is 18.4 Å². The summed E-state index contributed by atoms with van der Waals surface area (Å²) >= 11 is 0. The topological polar surface area (TPSA) is 50.2 Å². The first-order valence-electron chi connectivity index (χ1n) is 5.56. The van der Waals surface area contributed by atoms with E-state index in [1.807, 2.05) is 25.2 Å². The molecule has 0 spiro atoms. The zero-order valence-corrected chi connectivity index (χ0v) is 11.2. The van der Waals surface area contributed by atoms with Crippen LogP contribution < -0.4 is 5.32 Å². The number of nitrogens with zero attached hydrogens (tertiary/aromatic N) is 3. The molecule has 1 aromatic rings. The fourth-order valence-corrected chi connectivity index (χ4v) is 1.87. The number of halogens is 1. The summed E-state index contributed by atoms with van der Waals surface area (Å²) in [4.78, 5) is 14.0. The summed E-state index contributed by atoms with van der Waals surface area (Å²) in [5.74, 6) is 0.123. The minimum atomic E-state index is -0.278. The molecule has 1 amide bonds. The number of carbonyl (C=O) groups is 1. The normalized spacial score (nSPS) is 16.2. The molecule has 1 aliphatic rings. The minimum Gasteiger partial charge on any atom is -0.341 e. The van der Waals surface area contributed by atoms with Gasteiger partial charge in [0.1, 0.15) is 6.04 Å². The first kappa shape index (κ1) is 14.0. The van der Waals surface area contributed by atoms with Gasteiger partial charge in [-0.3, -0.25) is 9.48 Å². The lowest BCUT2D eigenvalue weighted by Gasteiger charge is -2.22. The van der Waals surface area contributed by atoms with Gasteiger partial charge < -0.3 is 10.2 Å². The standard InChI is InChI=1S/C11H18N4O.ClH/c1-12-10(8-6-13-14(2)7-8)11(16)15(3)9-4-5-9;/h6-7,9-10,12H,4-5H2,1-3H3;1H. The van der Waals surface area contributed by atoms with Gasteiger partial charge in [0.25, 0.3) is 0 Å². The Balaban J connectivity index is 0.00000144. The summed E-state index contributed by atoms with van der Waals surface area (Å²) < 4.78 is 1.71. The summed E-state index contributed by atoms with van der Waals surface area (Å²) in [7, 11) is 5.53. The lowest BCUT2D eigenvalue weighted by molar-refractivity contribution is -0.132. The molecule has 1 N–H and O–H groups in total. The SMILES string of the molecule is CNC(C(=O)N(C)C1CC1)c1cnn(C)c1.Cl. The van der Waals surface area contributed by atoms with Gasteiger partial charge in [0.2, 0.25) is 5.91 Å². The monoisotopic (exact) mass is 258 g/mol. The van der Waals surface area contributed by atoms with E-state index in [0.29, 0.717) is 6.04 Å². The highest BCUT2D eigenvalue weighted by Crippen LogP contribution is 2.27. The Labute approximate surface area is 108 Å². The predicted octanol–water partition coefficient (Wildman–Crippen LogP) is 0.723. The van der Waals surface area contributed by atoms with E-state index in [9.17, 15) is 4.79 Å². The predicted molar refractivity (Wildman–Crippen MR) is 68.0 cm³/mol. The first-order valence-corrected chi connectivity index (χ1v) is 5.56.